The number of aromatic hydroxyl groups is 2. The van der Waals surface area contributed by atoms with Crippen LogP contribution in [0.15, 0.2) is 71.8 Å². The van der Waals surface area contributed by atoms with Crippen LogP contribution in [0.4, 0.5) is 0 Å². The molecule has 0 radical (unpaired) electrons. The molecule has 0 spiro atoms. The molecule has 2 N–H and O–H groups in total. The largest absolute Gasteiger partial charge is 0.507 e. The summed E-state index contributed by atoms with van der Waals surface area (Å²) in [5, 5.41) is 25.7. The molecular formula is C38H46O4. The van der Waals surface area contributed by atoms with Crippen LogP contribution in [0.2, 0.25) is 0 Å². The maximum absolute atomic E-state index is 11.3. The molecule has 0 atom stereocenters. The van der Waals surface area contributed by atoms with E-state index in [9.17, 15) is 10.2 Å². The monoisotopic (exact) mass is 566 g/mol. The number of phenolic OH excluding ortho intramolecular Hbond substituents is 2. The van der Waals surface area contributed by atoms with Crippen LogP contribution in [0.25, 0.3) is 21.5 Å². The van der Waals surface area contributed by atoms with Crippen LogP contribution in [0, 0.1) is 19.8 Å². The molecule has 4 heteroatoms. The number of allylic oxidation sites excluding steroid dienone is 4. The molecule has 0 amide bonds. The lowest BCUT2D eigenvalue weighted by Gasteiger charge is -2.30. The Morgan fingerprint density at radius 1 is 0.762 bits per heavy atom. The van der Waals surface area contributed by atoms with Crippen LogP contribution in [0.5, 0.6) is 23.0 Å². The minimum Gasteiger partial charge on any atom is -0.507 e. The summed E-state index contributed by atoms with van der Waals surface area (Å²) >= 11 is 0. The van der Waals surface area contributed by atoms with E-state index in [1.54, 1.807) is 0 Å². The number of fused-ring (bicyclic) bond motifs is 2. The van der Waals surface area contributed by atoms with Crippen LogP contribution in [0.1, 0.15) is 77.1 Å². The van der Waals surface area contributed by atoms with E-state index in [0.717, 1.165) is 56.0 Å². The number of rotatable bonds is 10. The molecule has 4 aromatic rings. The summed E-state index contributed by atoms with van der Waals surface area (Å²) in [6.07, 6.45) is 5.84. The zero-order chi connectivity index (χ0) is 30.8. The van der Waals surface area contributed by atoms with Crippen LogP contribution in [0.3, 0.4) is 0 Å². The molecule has 0 aliphatic carbocycles. The molecule has 0 saturated carbocycles. The van der Waals surface area contributed by atoms with Crippen molar-refractivity contribution in [3.63, 3.8) is 0 Å². The van der Waals surface area contributed by atoms with Crippen LogP contribution in [-0.4, -0.2) is 17.0 Å². The van der Waals surface area contributed by atoms with Crippen molar-refractivity contribution in [3.05, 3.63) is 94.1 Å². The third kappa shape index (κ3) is 6.13. The normalized spacial score (nSPS) is 12.3. The van der Waals surface area contributed by atoms with Gasteiger partial charge in [-0.2, -0.15) is 0 Å². The molecule has 4 rings (SSSR count). The van der Waals surface area contributed by atoms with Gasteiger partial charge in [0.15, 0.2) is 0 Å². The van der Waals surface area contributed by atoms with Gasteiger partial charge in [-0.1, -0.05) is 99.5 Å². The second kappa shape index (κ2) is 12.5. The van der Waals surface area contributed by atoms with Crippen molar-refractivity contribution in [3.8, 4) is 23.0 Å². The van der Waals surface area contributed by atoms with Crippen molar-refractivity contribution in [2.45, 2.75) is 80.6 Å². The van der Waals surface area contributed by atoms with Gasteiger partial charge < -0.3 is 19.7 Å². The quantitative estimate of drug-likeness (QED) is 0.148. The van der Waals surface area contributed by atoms with Gasteiger partial charge in [-0.3, -0.25) is 0 Å². The van der Waals surface area contributed by atoms with Gasteiger partial charge in [0, 0.05) is 32.7 Å². The minimum atomic E-state index is -0.298. The summed E-state index contributed by atoms with van der Waals surface area (Å²) < 4.78 is 13.0. The molecule has 0 unspecified atom stereocenters. The Kier molecular flexibility index (Phi) is 9.25. The Hall–Kier alpha value is -3.92. The molecule has 0 aromatic heterocycles. The fraction of sp³-hybridized carbons (Fsp3) is 0.368. The van der Waals surface area contributed by atoms with Gasteiger partial charge in [-0.05, 0) is 69.9 Å². The van der Waals surface area contributed by atoms with Crippen LogP contribution < -0.4 is 9.47 Å². The first-order valence-corrected chi connectivity index (χ1v) is 14.9. The molecule has 4 nitrogen and oxygen atoms in total. The van der Waals surface area contributed by atoms with Crippen molar-refractivity contribution >= 4 is 21.5 Å². The summed E-state index contributed by atoms with van der Waals surface area (Å²) in [7, 11) is 0. The molecule has 0 heterocycles. The Labute approximate surface area is 251 Å². The molecule has 0 aliphatic rings. The second-order valence-corrected chi connectivity index (χ2v) is 12.6. The van der Waals surface area contributed by atoms with E-state index in [-0.39, 0.29) is 18.0 Å². The van der Waals surface area contributed by atoms with Gasteiger partial charge in [0.05, 0.1) is 0 Å². The van der Waals surface area contributed by atoms with Crippen molar-refractivity contribution < 1.29 is 19.7 Å². The smallest absolute Gasteiger partial charge is 0.230 e. The minimum absolute atomic E-state index is 0.0180. The molecular weight excluding hydrogens is 520 g/mol. The van der Waals surface area contributed by atoms with Crippen molar-refractivity contribution in [2.75, 3.05) is 6.79 Å². The summed E-state index contributed by atoms with van der Waals surface area (Å²) in [6, 6.07) is 15.6. The first-order chi connectivity index (χ1) is 19.8. The molecule has 0 saturated heterocycles. The first-order valence-electron chi connectivity index (χ1n) is 14.9. The Balaban J connectivity index is 1.79. The summed E-state index contributed by atoms with van der Waals surface area (Å²) in [4.78, 5) is 0. The van der Waals surface area contributed by atoms with Crippen molar-refractivity contribution in [1.29, 1.82) is 0 Å². The number of hydrogen-bond acceptors (Lipinski definition) is 4. The Bertz CT molecular complexity index is 1670. The fourth-order valence-corrected chi connectivity index (χ4v) is 5.69. The maximum atomic E-state index is 11.3. The molecule has 0 aliphatic heterocycles. The Morgan fingerprint density at radius 3 is 1.86 bits per heavy atom. The molecule has 0 fully saturated rings. The second-order valence-electron chi connectivity index (χ2n) is 12.6. The average molecular weight is 567 g/mol. The third-order valence-electron chi connectivity index (χ3n) is 8.53. The van der Waals surface area contributed by atoms with E-state index in [0.29, 0.717) is 23.8 Å². The van der Waals surface area contributed by atoms with Crippen molar-refractivity contribution in [2.24, 2.45) is 5.92 Å². The van der Waals surface area contributed by atoms with Gasteiger partial charge in [0.25, 0.3) is 0 Å². The van der Waals surface area contributed by atoms with Crippen LogP contribution in [-0.2, 0) is 11.8 Å². The molecule has 42 heavy (non-hydrogen) atoms. The van der Waals surface area contributed by atoms with E-state index in [1.807, 2.05) is 62.4 Å². The predicted molar refractivity (Wildman–Crippen MR) is 176 cm³/mol. The number of phenols is 2. The topological polar surface area (TPSA) is 58.9 Å². The standard InChI is InChI=1S/C38H46O4/c1-23(2)20-21-38(8,9)33-27(7)34(39)29-14-10-13-17-32(29)37(33)42-22-41-36-26(6)28(19-18-25(5)24(3)4)35(40)30-15-11-12-16-31(30)36/h10-18,20,24,39-40H,19,21-22H2,1-9H3/b25-18+. The highest BCUT2D eigenvalue weighted by Crippen LogP contribution is 2.47. The third-order valence-corrected chi connectivity index (χ3v) is 8.53. The highest BCUT2D eigenvalue weighted by molar-refractivity contribution is 5.97. The van der Waals surface area contributed by atoms with Crippen molar-refractivity contribution in [1.82, 2.24) is 0 Å². The van der Waals surface area contributed by atoms with E-state index >= 15 is 0 Å². The highest BCUT2D eigenvalue weighted by atomic mass is 16.7. The highest BCUT2D eigenvalue weighted by Gasteiger charge is 2.30. The zero-order valence-electron chi connectivity index (χ0n) is 26.7. The Morgan fingerprint density at radius 2 is 1.29 bits per heavy atom. The maximum Gasteiger partial charge on any atom is 0.230 e. The lowest BCUT2D eigenvalue weighted by Crippen LogP contribution is -2.21. The zero-order valence-corrected chi connectivity index (χ0v) is 26.7. The van der Waals surface area contributed by atoms with Gasteiger partial charge in [0.2, 0.25) is 6.79 Å². The molecule has 222 valence electrons. The lowest BCUT2D eigenvalue weighted by molar-refractivity contribution is 0.119. The number of ether oxygens (including phenoxy) is 2. The first kappa shape index (κ1) is 31.0. The predicted octanol–water partition coefficient (Wildman–Crippen LogP) is 10.2. The van der Waals surface area contributed by atoms with Gasteiger partial charge in [-0.25, -0.2) is 0 Å². The molecule has 0 bridgehead atoms. The van der Waals surface area contributed by atoms with Gasteiger partial charge in [0.1, 0.15) is 23.0 Å². The average Bonchev–Trinajstić information content (AvgIpc) is 2.95. The van der Waals surface area contributed by atoms with E-state index in [2.05, 4.69) is 60.6 Å². The fourth-order valence-electron chi connectivity index (χ4n) is 5.69. The summed E-state index contributed by atoms with van der Waals surface area (Å²) in [5.41, 5.74) is 5.79. The van der Waals surface area contributed by atoms with E-state index in [4.69, 9.17) is 9.47 Å². The lowest BCUT2D eigenvalue weighted by atomic mass is 9.77. The van der Waals surface area contributed by atoms with E-state index in [1.165, 1.54) is 11.1 Å². The SMILES string of the molecule is CC(C)=CCC(C)(C)c1c(C)c(O)c2ccccc2c1OCOc1c(C)c(C/C=C(\C)C(C)C)c(O)c2ccccc12. The van der Waals surface area contributed by atoms with Gasteiger partial charge >= 0.3 is 0 Å². The number of hydrogen-bond donors (Lipinski definition) is 2. The van der Waals surface area contributed by atoms with Crippen LogP contribution >= 0.6 is 0 Å². The summed E-state index contributed by atoms with van der Waals surface area (Å²) in [5.74, 6) is 2.46. The van der Waals surface area contributed by atoms with Gasteiger partial charge in [-0.15, -0.1) is 0 Å². The molecule has 4 aromatic carbocycles. The number of benzene rings is 4. The summed E-state index contributed by atoms with van der Waals surface area (Å²) in [6.45, 7) is 19.0. The van der Waals surface area contributed by atoms with E-state index < -0.39 is 0 Å².